The Labute approximate surface area is 143 Å². The number of nitrogens with two attached hydrogens (primary N) is 1. The Hall–Kier alpha value is -2.33. The van der Waals surface area contributed by atoms with Crippen molar-refractivity contribution in [3.8, 4) is 5.75 Å². The lowest BCUT2D eigenvalue weighted by Crippen LogP contribution is -2.48. The van der Waals surface area contributed by atoms with E-state index in [0.717, 1.165) is 17.7 Å². The predicted molar refractivity (Wildman–Crippen MR) is 95.3 cm³/mol. The summed E-state index contributed by atoms with van der Waals surface area (Å²) in [5.41, 5.74) is 8.16. The maximum absolute atomic E-state index is 12.7. The van der Waals surface area contributed by atoms with Gasteiger partial charge in [-0.2, -0.15) is 0 Å². The normalized spacial score (nSPS) is 20.7. The standard InChI is InChI=1S/C20H24N2O2/c1-2-24-19-10-8-15(9-11-19)17-12-18(21)14-22(13-17)20(23)16-6-4-3-5-7-16/h3-11,17-18H,2,12-14,21H2,1H3. The molecule has 1 amide bonds. The lowest BCUT2D eigenvalue weighted by Gasteiger charge is -2.36. The Morgan fingerprint density at radius 1 is 1.12 bits per heavy atom. The van der Waals surface area contributed by atoms with Crippen molar-refractivity contribution in [1.29, 1.82) is 0 Å². The van der Waals surface area contributed by atoms with Gasteiger partial charge in [-0.3, -0.25) is 4.79 Å². The van der Waals surface area contributed by atoms with E-state index in [9.17, 15) is 4.79 Å². The Morgan fingerprint density at radius 2 is 1.83 bits per heavy atom. The van der Waals surface area contributed by atoms with Gasteiger partial charge in [0.25, 0.3) is 5.91 Å². The van der Waals surface area contributed by atoms with Crippen molar-refractivity contribution in [1.82, 2.24) is 4.90 Å². The Bertz CT molecular complexity index is 670. The second-order valence-electron chi connectivity index (χ2n) is 6.27. The van der Waals surface area contributed by atoms with Crippen LogP contribution in [-0.2, 0) is 0 Å². The maximum atomic E-state index is 12.7. The predicted octanol–water partition coefficient (Wildman–Crippen LogP) is 3.04. The number of rotatable bonds is 4. The van der Waals surface area contributed by atoms with Crippen molar-refractivity contribution in [2.75, 3.05) is 19.7 Å². The van der Waals surface area contributed by atoms with Gasteiger partial charge in [0.2, 0.25) is 0 Å². The number of carbonyl (C=O) groups excluding carboxylic acids is 1. The van der Waals surface area contributed by atoms with Gasteiger partial charge in [-0.05, 0) is 43.2 Å². The molecule has 0 spiro atoms. The zero-order valence-electron chi connectivity index (χ0n) is 14.0. The van der Waals surface area contributed by atoms with Crippen LogP contribution in [0.5, 0.6) is 5.75 Å². The van der Waals surface area contributed by atoms with Crippen LogP contribution < -0.4 is 10.5 Å². The van der Waals surface area contributed by atoms with E-state index in [-0.39, 0.29) is 17.9 Å². The second-order valence-corrected chi connectivity index (χ2v) is 6.27. The number of carbonyl (C=O) groups is 1. The third-order valence-electron chi connectivity index (χ3n) is 4.45. The fraction of sp³-hybridized carbons (Fsp3) is 0.350. The van der Waals surface area contributed by atoms with Gasteiger partial charge < -0.3 is 15.4 Å². The third-order valence-corrected chi connectivity index (χ3v) is 4.45. The summed E-state index contributed by atoms with van der Waals surface area (Å²) in [7, 11) is 0. The molecule has 2 atom stereocenters. The average Bonchev–Trinajstić information content (AvgIpc) is 2.62. The number of amides is 1. The minimum absolute atomic E-state index is 0.00276. The van der Waals surface area contributed by atoms with Crippen LogP contribution in [0.1, 0.15) is 35.2 Å². The van der Waals surface area contributed by atoms with Crippen LogP contribution >= 0.6 is 0 Å². The van der Waals surface area contributed by atoms with Gasteiger partial charge in [-0.25, -0.2) is 0 Å². The molecule has 1 aliphatic heterocycles. The van der Waals surface area contributed by atoms with Crippen LogP contribution in [-0.4, -0.2) is 36.5 Å². The second kappa shape index (κ2) is 7.49. The summed E-state index contributed by atoms with van der Waals surface area (Å²) in [5.74, 6) is 1.19. The number of likely N-dealkylation sites (tertiary alicyclic amines) is 1. The number of piperidine rings is 1. The van der Waals surface area contributed by atoms with Crippen LogP contribution in [0.25, 0.3) is 0 Å². The molecule has 2 aromatic carbocycles. The SMILES string of the molecule is CCOc1ccc(C2CC(N)CN(C(=O)c3ccccc3)C2)cc1. The summed E-state index contributed by atoms with van der Waals surface area (Å²) in [6.07, 6.45) is 0.895. The molecule has 2 aromatic rings. The smallest absolute Gasteiger partial charge is 0.253 e. The summed E-state index contributed by atoms with van der Waals surface area (Å²) in [6, 6.07) is 17.6. The molecule has 1 fully saturated rings. The van der Waals surface area contributed by atoms with Crippen molar-refractivity contribution < 1.29 is 9.53 Å². The molecule has 126 valence electrons. The Morgan fingerprint density at radius 3 is 2.50 bits per heavy atom. The molecule has 0 aromatic heterocycles. The van der Waals surface area contributed by atoms with Crippen molar-refractivity contribution in [2.45, 2.75) is 25.3 Å². The Balaban J connectivity index is 1.74. The molecule has 2 unspecified atom stereocenters. The highest BCUT2D eigenvalue weighted by atomic mass is 16.5. The molecule has 0 radical (unpaired) electrons. The van der Waals surface area contributed by atoms with Gasteiger partial charge in [0.05, 0.1) is 6.61 Å². The highest BCUT2D eigenvalue weighted by molar-refractivity contribution is 5.94. The van der Waals surface area contributed by atoms with Crippen molar-refractivity contribution >= 4 is 5.91 Å². The lowest BCUT2D eigenvalue weighted by atomic mass is 9.88. The average molecular weight is 324 g/mol. The van der Waals surface area contributed by atoms with E-state index < -0.39 is 0 Å². The van der Waals surface area contributed by atoms with Gasteiger partial charge in [-0.15, -0.1) is 0 Å². The molecule has 3 rings (SSSR count). The number of hydrogen-bond donors (Lipinski definition) is 1. The first kappa shape index (κ1) is 16.5. The summed E-state index contributed by atoms with van der Waals surface area (Å²) >= 11 is 0. The first-order valence-corrected chi connectivity index (χ1v) is 8.50. The minimum atomic E-state index is 0.00276. The van der Waals surface area contributed by atoms with Crippen molar-refractivity contribution in [2.24, 2.45) is 5.73 Å². The Kier molecular flexibility index (Phi) is 5.16. The van der Waals surface area contributed by atoms with E-state index >= 15 is 0 Å². The zero-order chi connectivity index (χ0) is 16.9. The van der Waals surface area contributed by atoms with Gasteiger partial charge in [0.1, 0.15) is 5.75 Å². The van der Waals surface area contributed by atoms with E-state index in [4.69, 9.17) is 10.5 Å². The summed E-state index contributed by atoms with van der Waals surface area (Å²) < 4.78 is 5.50. The molecular weight excluding hydrogens is 300 g/mol. The van der Waals surface area contributed by atoms with Crippen LogP contribution in [0.15, 0.2) is 54.6 Å². The zero-order valence-corrected chi connectivity index (χ0v) is 14.0. The topological polar surface area (TPSA) is 55.6 Å². The molecular formula is C20H24N2O2. The third kappa shape index (κ3) is 3.77. The molecule has 2 N–H and O–H groups in total. The molecule has 1 heterocycles. The van der Waals surface area contributed by atoms with Gasteiger partial charge in [-0.1, -0.05) is 30.3 Å². The van der Waals surface area contributed by atoms with E-state index in [1.54, 1.807) is 0 Å². The van der Waals surface area contributed by atoms with Gasteiger partial charge in [0, 0.05) is 30.6 Å². The van der Waals surface area contributed by atoms with Crippen molar-refractivity contribution in [3.05, 3.63) is 65.7 Å². The summed E-state index contributed by atoms with van der Waals surface area (Å²) in [5, 5.41) is 0. The molecule has 1 aliphatic rings. The summed E-state index contributed by atoms with van der Waals surface area (Å²) in [4.78, 5) is 14.6. The van der Waals surface area contributed by atoms with Gasteiger partial charge in [0.15, 0.2) is 0 Å². The largest absolute Gasteiger partial charge is 0.494 e. The van der Waals surface area contributed by atoms with Crippen LogP contribution in [0.4, 0.5) is 0 Å². The molecule has 24 heavy (non-hydrogen) atoms. The molecule has 0 saturated carbocycles. The monoisotopic (exact) mass is 324 g/mol. The van der Waals surface area contributed by atoms with E-state index in [1.165, 1.54) is 5.56 Å². The number of benzene rings is 2. The van der Waals surface area contributed by atoms with Crippen LogP contribution in [0.3, 0.4) is 0 Å². The van der Waals surface area contributed by atoms with Crippen LogP contribution in [0, 0.1) is 0 Å². The van der Waals surface area contributed by atoms with E-state index in [1.807, 2.05) is 54.3 Å². The molecule has 1 saturated heterocycles. The van der Waals surface area contributed by atoms with Crippen molar-refractivity contribution in [3.63, 3.8) is 0 Å². The molecule has 4 nitrogen and oxygen atoms in total. The number of nitrogens with zero attached hydrogens (tertiary/aromatic N) is 1. The quantitative estimate of drug-likeness (QED) is 0.940. The first-order chi connectivity index (χ1) is 11.7. The number of ether oxygens (including phenoxy) is 1. The number of hydrogen-bond acceptors (Lipinski definition) is 3. The lowest BCUT2D eigenvalue weighted by molar-refractivity contribution is 0.0689. The molecule has 0 aliphatic carbocycles. The van der Waals surface area contributed by atoms with E-state index in [0.29, 0.717) is 19.7 Å². The molecule has 0 bridgehead atoms. The highest BCUT2D eigenvalue weighted by Crippen LogP contribution is 2.28. The fourth-order valence-corrected chi connectivity index (χ4v) is 3.31. The summed E-state index contributed by atoms with van der Waals surface area (Å²) in [6.45, 7) is 3.95. The minimum Gasteiger partial charge on any atom is -0.494 e. The maximum Gasteiger partial charge on any atom is 0.253 e. The van der Waals surface area contributed by atoms with E-state index in [2.05, 4.69) is 12.1 Å². The first-order valence-electron chi connectivity index (χ1n) is 8.50. The fourth-order valence-electron chi connectivity index (χ4n) is 3.31. The van der Waals surface area contributed by atoms with Crippen LogP contribution in [0.2, 0.25) is 0 Å². The highest BCUT2D eigenvalue weighted by Gasteiger charge is 2.29. The molecule has 4 heteroatoms. The van der Waals surface area contributed by atoms with Gasteiger partial charge >= 0.3 is 0 Å².